The largest absolute Gasteiger partial charge is 0.310 e. The number of rotatable bonds is 2. The van der Waals surface area contributed by atoms with Crippen LogP contribution >= 0.6 is 0 Å². The SMILES string of the molecule is C=C1C=CC=C/C1=N/NCC.CC.CC. The third-order valence-electron chi connectivity index (χ3n) is 1.35. The van der Waals surface area contributed by atoms with E-state index in [9.17, 15) is 0 Å². The van der Waals surface area contributed by atoms with Crippen molar-refractivity contribution in [3.05, 3.63) is 36.5 Å². The highest BCUT2D eigenvalue weighted by atomic mass is 15.3. The summed E-state index contributed by atoms with van der Waals surface area (Å²) in [6.45, 7) is 14.7. The van der Waals surface area contributed by atoms with Crippen LogP contribution in [0.3, 0.4) is 0 Å². The van der Waals surface area contributed by atoms with Crippen LogP contribution in [0.1, 0.15) is 34.6 Å². The predicted molar refractivity (Wildman–Crippen MR) is 71.2 cm³/mol. The molecule has 1 rings (SSSR count). The van der Waals surface area contributed by atoms with E-state index in [4.69, 9.17) is 0 Å². The molecule has 0 saturated heterocycles. The Morgan fingerprint density at radius 1 is 1.13 bits per heavy atom. The van der Waals surface area contributed by atoms with Gasteiger partial charge in [0, 0.05) is 6.54 Å². The fourth-order valence-corrected chi connectivity index (χ4v) is 0.784. The summed E-state index contributed by atoms with van der Waals surface area (Å²) in [6, 6.07) is 0. The van der Waals surface area contributed by atoms with Gasteiger partial charge in [0.25, 0.3) is 0 Å². The summed E-state index contributed by atoms with van der Waals surface area (Å²) in [7, 11) is 0. The second kappa shape index (κ2) is 12.7. The number of hydrazone groups is 1. The zero-order valence-corrected chi connectivity index (χ0v) is 10.7. The van der Waals surface area contributed by atoms with Gasteiger partial charge in [0.1, 0.15) is 0 Å². The maximum Gasteiger partial charge on any atom is 0.0895 e. The van der Waals surface area contributed by atoms with E-state index in [0.717, 1.165) is 17.8 Å². The Morgan fingerprint density at radius 3 is 2.13 bits per heavy atom. The first-order valence-corrected chi connectivity index (χ1v) is 5.69. The van der Waals surface area contributed by atoms with Crippen molar-refractivity contribution >= 4 is 5.71 Å². The van der Waals surface area contributed by atoms with E-state index in [2.05, 4.69) is 17.1 Å². The topological polar surface area (TPSA) is 24.4 Å². The van der Waals surface area contributed by atoms with Gasteiger partial charge in [0.15, 0.2) is 0 Å². The lowest BCUT2D eigenvalue weighted by Gasteiger charge is -2.03. The molecule has 86 valence electrons. The standard InChI is InChI=1S/C9H12N2.2C2H6/c1-3-10-11-9-7-5-4-6-8(9)2;2*1-2/h4-7,10H,2-3H2,1H3;2*1-2H3/b11-9-;;. The van der Waals surface area contributed by atoms with Crippen LogP contribution in [0.15, 0.2) is 41.6 Å². The number of nitrogens with zero attached hydrogens (tertiary/aromatic N) is 1. The minimum absolute atomic E-state index is 0.842. The van der Waals surface area contributed by atoms with Crippen molar-refractivity contribution in [2.24, 2.45) is 5.10 Å². The second-order valence-corrected chi connectivity index (χ2v) is 2.25. The molecule has 0 fully saturated rings. The molecule has 0 saturated carbocycles. The van der Waals surface area contributed by atoms with Crippen LogP contribution in [-0.4, -0.2) is 12.3 Å². The molecule has 0 radical (unpaired) electrons. The molecule has 1 aliphatic rings. The third kappa shape index (κ3) is 7.74. The molecule has 2 nitrogen and oxygen atoms in total. The Balaban J connectivity index is 0. The molecule has 0 heterocycles. The molecule has 0 atom stereocenters. The second-order valence-electron chi connectivity index (χ2n) is 2.25. The van der Waals surface area contributed by atoms with E-state index in [1.54, 1.807) is 0 Å². The number of hydrogen-bond acceptors (Lipinski definition) is 2. The Morgan fingerprint density at radius 2 is 1.67 bits per heavy atom. The summed E-state index contributed by atoms with van der Waals surface area (Å²) < 4.78 is 0. The number of hydrogen-bond donors (Lipinski definition) is 1. The van der Waals surface area contributed by atoms with Crippen molar-refractivity contribution in [1.29, 1.82) is 0 Å². The first-order chi connectivity index (χ1) is 7.34. The molecule has 1 N–H and O–H groups in total. The fraction of sp³-hybridized carbons (Fsp3) is 0.462. The molecule has 0 spiro atoms. The minimum Gasteiger partial charge on any atom is -0.310 e. The van der Waals surface area contributed by atoms with E-state index in [1.165, 1.54) is 0 Å². The molecular formula is C13H24N2. The van der Waals surface area contributed by atoms with Gasteiger partial charge in [-0.2, -0.15) is 5.10 Å². The fourth-order valence-electron chi connectivity index (χ4n) is 0.784. The first-order valence-electron chi connectivity index (χ1n) is 5.69. The minimum atomic E-state index is 0.842. The van der Waals surface area contributed by atoms with E-state index < -0.39 is 0 Å². The molecule has 2 heteroatoms. The molecule has 0 unspecified atom stereocenters. The lowest BCUT2D eigenvalue weighted by Crippen LogP contribution is -2.09. The third-order valence-corrected chi connectivity index (χ3v) is 1.35. The summed E-state index contributed by atoms with van der Waals surface area (Å²) in [4.78, 5) is 0. The summed E-state index contributed by atoms with van der Waals surface area (Å²) in [5.41, 5.74) is 4.75. The zero-order chi connectivity index (χ0) is 12.1. The molecular weight excluding hydrogens is 184 g/mol. The zero-order valence-electron chi connectivity index (χ0n) is 10.7. The van der Waals surface area contributed by atoms with Crippen molar-refractivity contribution < 1.29 is 0 Å². The molecule has 0 amide bonds. The summed E-state index contributed by atoms with van der Waals surface area (Å²) in [5.74, 6) is 0. The van der Waals surface area contributed by atoms with Gasteiger partial charge in [-0.25, -0.2) is 0 Å². The van der Waals surface area contributed by atoms with Crippen LogP contribution < -0.4 is 5.43 Å². The van der Waals surface area contributed by atoms with Crippen molar-refractivity contribution in [3.63, 3.8) is 0 Å². The van der Waals surface area contributed by atoms with Crippen molar-refractivity contribution in [1.82, 2.24) is 5.43 Å². The Kier molecular flexibility index (Phi) is 13.6. The molecule has 1 aliphatic carbocycles. The summed E-state index contributed by atoms with van der Waals surface area (Å²) in [5, 5.41) is 4.11. The summed E-state index contributed by atoms with van der Waals surface area (Å²) in [6.07, 6.45) is 7.78. The van der Waals surface area contributed by atoms with Gasteiger partial charge in [0.05, 0.1) is 5.71 Å². The molecule has 15 heavy (non-hydrogen) atoms. The highest BCUT2D eigenvalue weighted by molar-refractivity contribution is 6.10. The van der Waals surface area contributed by atoms with Crippen LogP contribution in [0.4, 0.5) is 0 Å². The van der Waals surface area contributed by atoms with E-state index >= 15 is 0 Å². The van der Waals surface area contributed by atoms with Gasteiger partial charge in [-0.15, -0.1) is 0 Å². The van der Waals surface area contributed by atoms with Crippen LogP contribution in [0.25, 0.3) is 0 Å². The lowest BCUT2D eigenvalue weighted by atomic mass is 10.1. The van der Waals surface area contributed by atoms with E-state index in [-0.39, 0.29) is 0 Å². The van der Waals surface area contributed by atoms with Crippen LogP contribution in [0.5, 0.6) is 0 Å². The molecule has 0 aromatic rings. The van der Waals surface area contributed by atoms with Crippen LogP contribution in [-0.2, 0) is 0 Å². The van der Waals surface area contributed by atoms with Crippen molar-refractivity contribution in [2.45, 2.75) is 34.6 Å². The molecule has 0 aromatic carbocycles. The van der Waals surface area contributed by atoms with E-state index in [1.807, 2.05) is 58.9 Å². The molecule has 0 aliphatic heterocycles. The maximum atomic E-state index is 4.11. The normalized spacial score (nSPS) is 15.0. The predicted octanol–water partition coefficient (Wildman–Crippen LogP) is 3.69. The highest BCUT2D eigenvalue weighted by Gasteiger charge is 1.98. The lowest BCUT2D eigenvalue weighted by molar-refractivity contribution is 0.784. The monoisotopic (exact) mass is 208 g/mol. The highest BCUT2D eigenvalue weighted by Crippen LogP contribution is 2.04. The Bertz CT molecular complexity index is 235. The summed E-state index contributed by atoms with van der Waals surface area (Å²) >= 11 is 0. The van der Waals surface area contributed by atoms with Gasteiger partial charge in [-0.1, -0.05) is 52.5 Å². The van der Waals surface area contributed by atoms with Crippen LogP contribution in [0.2, 0.25) is 0 Å². The van der Waals surface area contributed by atoms with Gasteiger partial charge in [-0.05, 0) is 18.6 Å². The van der Waals surface area contributed by atoms with Gasteiger partial charge < -0.3 is 5.43 Å². The maximum absolute atomic E-state index is 4.11. The number of nitrogens with one attached hydrogen (secondary N) is 1. The van der Waals surface area contributed by atoms with Gasteiger partial charge in [-0.3, -0.25) is 0 Å². The smallest absolute Gasteiger partial charge is 0.0895 e. The molecule has 0 bridgehead atoms. The van der Waals surface area contributed by atoms with Gasteiger partial charge in [0.2, 0.25) is 0 Å². The van der Waals surface area contributed by atoms with Crippen molar-refractivity contribution in [3.8, 4) is 0 Å². The van der Waals surface area contributed by atoms with Crippen LogP contribution in [0, 0.1) is 0 Å². The first kappa shape index (κ1) is 16.1. The average Bonchev–Trinajstić information content (AvgIpc) is 2.33. The van der Waals surface area contributed by atoms with E-state index in [0.29, 0.717) is 0 Å². The number of allylic oxidation sites excluding steroid dienone is 5. The average molecular weight is 208 g/mol. The quantitative estimate of drug-likeness (QED) is 0.688. The van der Waals surface area contributed by atoms with Gasteiger partial charge >= 0.3 is 0 Å². The molecule has 0 aromatic heterocycles. The van der Waals surface area contributed by atoms with Crippen molar-refractivity contribution in [2.75, 3.05) is 6.54 Å². The Labute approximate surface area is 94.5 Å². The Hall–Kier alpha value is -1.31.